The van der Waals surface area contributed by atoms with Crippen molar-refractivity contribution in [2.45, 2.75) is 0 Å². The minimum Gasteiger partial charge on any atom is -0.497 e. The van der Waals surface area contributed by atoms with E-state index in [9.17, 15) is 10.1 Å². The number of likely N-dealkylation sites (N-methyl/N-ethyl adjacent to an activating group) is 1. The number of ether oxygens (including phenoxy) is 1. The summed E-state index contributed by atoms with van der Waals surface area (Å²) in [5.41, 5.74) is 0.741. The number of hydrogen-bond acceptors (Lipinski definition) is 5. The normalized spacial score (nSPS) is 16.0. The van der Waals surface area contributed by atoms with E-state index in [1.807, 2.05) is 11.0 Å². The molecule has 6 nitrogen and oxygen atoms in total. The summed E-state index contributed by atoms with van der Waals surface area (Å²) < 4.78 is 5.06. The molecular weight excluding hydrogens is 280 g/mol. The van der Waals surface area contributed by atoms with Gasteiger partial charge in [-0.3, -0.25) is 4.79 Å². The molecule has 1 aliphatic rings. The van der Waals surface area contributed by atoms with E-state index < -0.39 is 5.91 Å². The van der Waals surface area contributed by atoms with E-state index in [0.29, 0.717) is 11.4 Å². The van der Waals surface area contributed by atoms with Gasteiger partial charge in [0.1, 0.15) is 17.4 Å². The SMILES string of the molecule is COc1ccc(NC(=O)C(C#N)=CN2CCN(C)CC2)cc1. The van der Waals surface area contributed by atoms with Crippen molar-refractivity contribution in [1.29, 1.82) is 5.26 Å². The summed E-state index contributed by atoms with van der Waals surface area (Å²) in [6, 6.07) is 8.96. The molecule has 1 amide bonds. The number of amides is 1. The average Bonchev–Trinajstić information content (AvgIpc) is 2.55. The summed E-state index contributed by atoms with van der Waals surface area (Å²) in [4.78, 5) is 16.4. The number of nitrogens with zero attached hydrogens (tertiary/aromatic N) is 3. The highest BCUT2D eigenvalue weighted by atomic mass is 16.5. The molecule has 0 aromatic heterocycles. The number of carbonyl (C=O) groups is 1. The van der Waals surface area contributed by atoms with Crippen molar-refractivity contribution in [2.75, 3.05) is 45.7 Å². The zero-order valence-electron chi connectivity index (χ0n) is 12.9. The molecule has 1 aromatic rings. The second-order valence-corrected chi connectivity index (χ2v) is 5.18. The van der Waals surface area contributed by atoms with Crippen LogP contribution in [0.4, 0.5) is 5.69 Å². The van der Waals surface area contributed by atoms with E-state index in [-0.39, 0.29) is 5.57 Å². The first-order chi connectivity index (χ1) is 10.6. The van der Waals surface area contributed by atoms with Gasteiger partial charge < -0.3 is 19.9 Å². The highest BCUT2D eigenvalue weighted by Gasteiger charge is 2.15. The highest BCUT2D eigenvalue weighted by Crippen LogP contribution is 2.15. The second kappa shape index (κ2) is 7.48. The van der Waals surface area contributed by atoms with Gasteiger partial charge in [0.05, 0.1) is 7.11 Å². The quantitative estimate of drug-likeness (QED) is 0.670. The molecule has 0 unspecified atom stereocenters. The molecule has 1 aliphatic heterocycles. The Hall–Kier alpha value is -2.52. The van der Waals surface area contributed by atoms with Crippen molar-refractivity contribution >= 4 is 11.6 Å². The molecular formula is C16H20N4O2. The molecule has 1 heterocycles. The van der Waals surface area contributed by atoms with E-state index >= 15 is 0 Å². The van der Waals surface area contributed by atoms with Crippen LogP contribution in [0.15, 0.2) is 36.0 Å². The first-order valence-electron chi connectivity index (χ1n) is 7.12. The van der Waals surface area contributed by atoms with Crippen LogP contribution < -0.4 is 10.1 Å². The zero-order chi connectivity index (χ0) is 15.9. The molecule has 1 N–H and O–H groups in total. The van der Waals surface area contributed by atoms with E-state index in [1.165, 1.54) is 0 Å². The second-order valence-electron chi connectivity index (χ2n) is 5.18. The van der Waals surface area contributed by atoms with Gasteiger partial charge in [0.25, 0.3) is 5.91 Å². The third-order valence-electron chi connectivity index (χ3n) is 3.56. The lowest BCUT2D eigenvalue weighted by atomic mass is 10.2. The molecule has 116 valence electrons. The van der Waals surface area contributed by atoms with Gasteiger partial charge in [-0.2, -0.15) is 5.26 Å². The van der Waals surface area contributed by atoms with Crippen molar-refractivity contribution in [2.24, 2.45) is 0 Å². The molecule has 1 fully saturated rings. The Balaban J connectivity index is 2.00. The summed E-state index contributed by atoms with van der Waals surface area (Å²) in [5.74, 6) is 0.318. The van der Waals surface area contributed by atoms with Gasteiger partial charge in [0.15, 0.2) is 0 Å². The van der Waals surface area contributed by atoms with E-state index in [2.05, 4.69) is 17.3 Å². The number of piperazine rings is 1. The number of methoxy groups -OCH3 is 1. The zero-order valence-corrected chi connectivity index (χ0v) is 12.9. The minimum absolute atomic E-state index is 0.111. The van der Waals surface area contributed by atoms with Gasteiger partial charge in [-0.1, -0.05) is 0 Å². The Morgan fingerprint density at radius 1 is 1.27 bits per heavy atom. The summed E-state index contributed by atoms with van der Waals surface area (Å²) in [5, 5.41) is 11.9. The fourth-order valence-electron chi connectivity index (χ4n) is 2.14. The first-order valence-corrected chi connectivity index (χ1v) is 7.12. The van der Waals surface area contributed by atoms with E-state index in [1.54, 1.807) is 37.6 Å². The number of rotatable bonds is 4. The summed E-state index contributed by atoms with van der Waals surface area (Å²) in [7, 11) is 3.64. The number of nitrogens with one attached hydrogen (secondary N) is 1. The lowest BCUT2D eigenvalue weighted by Crippen LogP contribution is -2.42. The highest BCUT2D eigenvalue weighted by molar-refractivity contribution is 6.06. The van der Waals surface area contributed by atoms with Crippen LogP contribution in [0.2, 0.25) is 0 Å². The number of benzene rings is 1. The number of anilines is 1. The maximum absolute atomic E-state index is 12.2. The molecule has 0 atom stereocenters. The Morgan fingerprint density at radius 3 is 2.45 bits per heavy atom. The summed E-state index contributed by atoms with van der Waals surface area (Å²) >= 11 is 0. The fourth-order valence-corrected chi connectivity index (χ4v) is 2.14. The van der Waals surface area contributed by atoms with E-state index in [4.69, 9.17) is 4.74 Å². The van der Waals surface area contributed by atoms with Gasteiger partial charge in [-0.05, 0) is 31.3 Å². The van der Waals surface area contributed by atoms with Crippen LogP contribution in [0.5, 0.6) is 5.75 Å². The smallest absolute Gasteiger partial charge is 0.267 e. The molecule has 0 spiro atoms. The van der Waals surface area contributed by atoms with Crippen LogP contribution in [0, 0.1) is 11.3 Å². The van der Waals surface area contributed by atoms with Crippen LogP contribution in [-0.4, -0.2) is 56.0 Å². The largest absolute Gasteiger partial charge is 0.497 e. The maximum Gasteiger partial charge on any atom is 0.267 e. The van der Waals surface area contributed by atoms with Crippen molar-refractivity contribution < 1.29 is 9.53 Å². The topological polar surface area (TPSA) is 68.6 Å². The van der Waals surface area contributed by atoms with Crippen LogP contribution in [0.1, 0.15) is 0 Å². The predicted octanol–water partition coefficient (Wildman–Crippen LogP) is 1.29. The lowest BCUT2D eigenvalue weighted by Gasteiger charge is -2.31. The van der Waals surface area contributed by atoms with Gasteiger partial charge >= 0.3 is 0 Å². The fraction of sp³-hybridized carbons (Fsp3) is 0.375. The molecule has 1 aromatic carbocycles. The molecule has 0 aliphatic carbocycles. The Bertz CT molecular complexity index is 581. The summed E-state index contributed by atoms with van der Waals surface area (Å²) in [6.45, 7) is 3.49. The Morgan fingerprint density at radius 2 is 1.91 bits per heavy atom. The third-order valence-corrected chi connectivity index (χ3v) is 3.56. The van der Waals surface area contributed by atoms with Crippen molar-refractivity contribution in [3.05, 3.63) is 36.0 Å². The van der Waals surface area contributed by atoms with Gasteiger partial charge in [-0.15, -0.1) is 0 Å². The first kappa shape index (κ1) is 15.9. The number of nitriles is 1. The third kappa shape index (κ3) is 4.24. The van der Waals surface area contributed by atoms with Crippen LogP contribution in [-0.2, 0) is 4.79 Å². The molecule has 0 bridgehead atoms. The standard InChI is InChI=1S/C16H20N4O2/c1-19-7-9-20(10-8-19)12-13(11-17)16(21)18-14-3-5-15(22-2)6-4-14/h3-6,12H,7-10H2,1-2H3,(H,18,21). The molecule has 0 saturated carbocycles. The average molecular weight is 300 g/mol. The van der Waals surface area contributed by atoms with Gasteiger partial charge in [0.2, 0.25) is 0 Å². The number of carbonyl (C=O) groups excluding carboxylic acids is 1. The van der Waals surface area contributed by atoms with Gasteiger partial charge in [-0.25, -0.2) is 0 Å². The van der Waals surface area contributed by atoms with Crippen molar-refractivity contribution in [3.63, 3.8) is 0 Å². The van der Waals surface area contributed by atoms with Gasteiger partial charge in [0, 0.05) is 38.1 Å². The maximum atomic E-state index is 12.2. The molecule has 22 heavy (non-hydrogen) atoms. The van der Waals surface area contributed by atoms with Crippen LogP contribution in [0.25, 0.3) is 0 Å². The predicted molar refractivity (Wildman–Crippen MR) is 84.4 cm³/mol. The lowest BCUT2D eigenvalue weighted by molar-refractivity contribution is -0.112. The Kier molecular flexibility index (Phi) is 5.39. The minimum atomic E-state index is -0.397. The molecule has 0 radical (unpaired) electrons. The van der Waals surface area contributed by atoms with E-state index in [0.717, 1.165) is 26.2 Å². The van der Waals surface area contributed by atoms with Crippen molar-refractivity contribution in [3.8, 4) is 11.8 Å². The molecule has 6 heteroatoms. The van der Waals surface area contributed by atoms with Crippen LogP contribution >= 0.6 is 0 Å². The van der Waals surface area contributed by atoms with Crippen molar-refractivity contribution in [1.82, 2.24) is 9.80 Å². The number of hydrogen-bond donors (Lipinski definition) is 1. The monoisotopic (exact) mass is 300 g/mol. The summed E-state index contributed by atoms with van der Waals surface area (Å²) in [6.07, 6.45) is 1.64. The molecule has 2 rings (SSSR count). The Labute approximate surface area is 130 Å². The van der Waals surface area contributed by atoms with Crippen LogP contribution in [0.3, 0.4) is 0 Å². The molecule has 1 saturated heterocycles.